The average Bonchev–Trinajstić information content (AvgIpc) is 2.55. The summed E-state index contributed by atoms with van der Waals surface area (Å²) in [5, 5.41) is 15.6. The van der Waals surface area contributed by atoms with Crippen molar-refractivity contribution in [3.8, 4) is 0 Å². The highest BCUT2D eigenvalue weighted by Crippen LogP contribution is 2.14. The first-order valence-electron chi connectivity index (χ1n) is 8.47. The Bertz CT molecular complexity index is 520. The fourth-order valence-corrected chi connectivity index (χ4v) is 2.56. The van der Waals surface area contributed by atoms with Gasteiger partial charge in [0.05, 0.1) is 6.42 Å². The highest BCUT2D eigenvalue weighted by atomic mass is 35.5. The molecule has 0 aromatic heterocycles. The quantitative estimate of drug-likeness (QED) is 0.562. The van der Waals surface area contributed by atoms with Crippen LogP contribution in [-0.4, -0.2) is 29.6 Å². The molecule has 3 N–H and O–H groups in total. The summed E-state index contributed by atoms with van der Waals surface area (Å²) in [6, 6.07) is 5.82. The summed E-state index contributed by atoms with van der Waals surface area (Å²) in [6.45, 7) is 4.86. The third-order valence-corrected chi connectivity index (χ3v) is 4.26. The van der Waals surface area contributed by atoms with Gasteiger partial charge in [0, 0.05) is 10.7 Å². The fourth-order valence-electron chi connectivity index (χ4n) is 2.43. The van der Waals surface area contributed by atoms with Gasteiger partial charge in [0.25, 0.3) is 0 Å². The normalized spacial score (nSPS) is 13.3. The Hall–Kier alpha value is -1.59. The van der Waals surface area contributed by atoms with Gasteiger partial charge in [0.2, 0.25) is 5.91 Å². The molecule has 0 saturated carbocycles. The van der Waals surface area contributed by atoms with E-state index in [1.165, 1.54) is 0 Å². The van der Waals surface area contributed by atoms with E-state index in [-0.39, 0.29) is 12.3 Å². The molecular weight excluding hydrogens is 328 g/mol. The zero-order valence-electron chi connectivity index (χ0n) is 14.3. The lowest BCUT2D eigenvalue weighted by Gasteiger charge is -2.19. The number of carboxylic acids is 1. The van der Waals surface area contributed by atoms with Crippen LogP contribution in [0.25, 0.3) is 0 Å². The van der Waals surface area contributed by atoms with Crippen LogP contribution in [0.1, 0.15) is 46.0 Å². The Morgan fingerprint density at radius 2 is 1.88 bits per heavy atom. The van der Waals surface area contributed by atoms with E-state index in [2.05, 4.69) is 24.5 Å². The average molecular weight is 355 g/mol. The number of anilines is 1. The second-order valence-corrected chi connectivity index (χ2v) is 6.41. The highest BCUT2D eigenvalue weighted by molar-refractivity contribution is 6.30. The molecule has 0 radical (unpaired) electrons. The van der Waals surface area contributed by atoms with Gasteiger partial charge in [-0.25, -0.2) is 0 Å². The number of carbonyl (C=O) groups excluding carboxylic acids is 1. The topological polar surface area (TPSA) is 78.4 Å². The smallest absolute Gasteiger partial charge is 0.321 e. The van der Waals surface area contributed by atoms with Crippen molar-refractivity contribution >= 4 is 29.2 Å². The zero-order chi connectivity index (χ0) is 17.9. The van der Waals surface area contributed by atoms with Gasteiger partial charge in [0.15, 0.2) is 0 Å². The monoisotopic (exact) mass is 354 g/mol. The molecule has 0 bridgehead atoms. The summed E-state index contributed by atoms with van der Waals surface area (Å²) in [7, 11) is 0. The molecule has 0 aliphatic heterocycles. The van der Waals surface area contributed by atoms with E-state index in [1.807, 2.05) is 0 Å². The molecule has 6 heteroatoms. The molecule has 0 heterocycles. The van der Waals surface area contributed by atoms with Crippen LogP contribution in [-0.2, 0) is 9.59 Å². The van der Waals surface area contributed by atoms with E-state index < -0.39 is 12.0 Å². The van der Waals surface area contributed by atoms with Crippen molar-refractivity contribution in [1.29, 1.82) is 0 Å². The minimum Gasteiger partial charge on any atom is -0.480 e. The lowest BCUT2D eigenvalue weighted by atomic mass is 9.99. The van der Waals surface area contributed by atoms with Gasteiger partial charge < -0.3 is 15.7 Å². The van der Waals surface area contributed by atoms with Crippen LogP contribution in [0.4, 0.5) is 5.69 Å². The summed E-state index contributed by atoms with van der Waals surface area (Å²) < 4.78 is 0. The van der Waals surface area contributed by atoms with Gasteiger partial charge in [-0.15, -0.1) is 0 Å². The van der Waals surface area contributed by atoms with Crippen molar-refractivity contribution in [1.82, 2.24) is 5.32 Å². The Morgan fingerprint density at radius 1 is 1.21 bits per heavy atom. The first-order valence-corrected chi connectivity index (χ1v) is 8.85. The van der Waals surface area contributed by atoms with Crippen LogP contribution >= 0.6 is 11.6 Å². The molecule has 134 valence electrons. The molecule has 0 unspecified atom stereocenters. The molecule has 1 aromatic rings. The van der Waals surface area contributed by atoms with Crippen molar-refractivity contribution in [2.24, 2.45) is 5.92 Å². The highest BCUT2D eigenvalue weighted by Gasteiger charge is 2.22. The number of benzene rings is 1. The van der Waals surface area contributed by atoms with E-state index in [9.17, 15) is 14.7 Å². The molecule has 1 aromatic carbocycles. The standard InChI is InChI=1S/C18H27ClN2O3/c1-3-5-6-13(4-2)12-20-16(18(23)24)11-17(22)21-15-9-7-14(19)8-10-15/h7-10,13,16,20H,3-6,11-12H2,1-2H3,(H,21,22)(H,23,24)/t13-,16-/m0/s1. The second kappa shape index (κ2) is 11.0. The van der Waals surface area contributed by atoms with Gasteiger partial charge in [-0.1, -0.05) is 44.7 Å². The molecule has 1 rings (SSSR count). The molecule has 0 aliphatic rings. The van der Waals surface area contributed by atoms with E-state index >= 15 is 0 Å². The van der Waals surface area contributed by atoms with Crippen molar-refractivity contribution in [3.63, 3.8) is 0 Å². The molecule has 1 amide bonds. The molecule has 0 spiro atoms. The molecule has 5 nitrogen and oxygen atoms in total. The van der Waals surface area contributed by atoms with Crippen molar-refractivity contribution in [3.05, 3.63) is 29.3 Å². The van der Waals surface area contributed by atoms with Crippen molar-refractivity contribution < 1.29 is 14.7 Å². The van der Waals surface area contributed by atoms with Gasteiger partial charge in [0.1, 0.15) is 6.04 Å². The van der Waals surface area contributed by atoms with Crippen LogP contribution in [0.2, 0.25) is 5.02 Å². The number of unbranched alkanes of at least 4 members (excludes halogenated alkanes) is 1. The van der Waals surface area contributed by atoms with E-state index in [0.29, 0.717) is 23.2 Å². The Balaban J connectivity index is 2.50. The molecule has 0 aliphatic carbocycles. The zero-order valence-corrected chi connectivity index (χ0v) is 15.1. The Kier molecular flexibility index (Phi) is 9.42. The molecule has 2 atom stereocenters. The number of carbonyl (C=O) groups is 2. The van der Waals surface area contributed by atoms with Crippen molar-refractivity contribution in [2.75, 3.05) is 11.9 Å². The van der Waals surface area contributed by atoms with Gasteiger partial charge in [-0.3, -0.25) is 9.59 Å². The number of carboxylic acid groups (broad SMARTS) is 1. The van der Waals surface area contributed by atoms with E-state index in [4.69, 9.17) is 11.6 Å². The third-order valence-electron chi connectivity index (χ3n) is 4.01. The summed E-state index contributed by atoms with van der Waals surface area (Å²) in [5.74, 6) is -0.906. The molecule has 0 saturated heterocycles. The largest absolute Gasteiger partial charge is 0.480 e. The maximum Gasteiger partial charge on any atom is 0.321 e. The number of aliphatic carboxylic acids is 1. The minimum absolute atomic E-state index is 0.109. The predicted molar refractivity (Wildman–Crippen MR) is 97.4 cm³/mol. The lowest BCUT2D eigenvalue weighted by Crippen LogP contribution is -2.41. The summed E-state index contributed by atoms with van der Waals surface area (Å²) in [4.78, 5) is 23.4. The number of rotatable bonds is 11. The first-order chi connectivity index (χ1) is 11.5. The minimum atomic E-state index is -1.01. The van der Waals surface area contributed by atoms with E-state index in [0.717, 1.165) is 25.7 Å². The first kappa shape index (κ1) is 20.5. The summed E-state index contributed by atoms with van der Waals surface area (Å²) >= 11 is 5.79. The number of nitrogens with one attached hydrogen (secondary N) is 2. The van der Waals surface area contributed by atoms with Crippen LogP contribution < -0.4 is 10.6 Å². The maximum absolute atomic E-state index is 12.1. The fraction of sp³-hybridized carbons (Fsp3) is 0.556. The van der Waals surface area contributed by atoms with Gasteiger partial charge >= 0.3 is 5.97 Å². The molecular formula is C18H27ClN2O3. The molecule has 24 heavy (non-hydrogen) atoms. The van der Waals surface area contributed by atoms with E-state index in [1.54, 1.807) is 24.3 Å². The van der Waals surface area contributed by atoms with Crippen molar-refractivity contribution in [2.45, 2.75) is 52.0 Å². The lowest BCUT2D eigenvalue weighted by molar-refractivity contribution is -0.141. The van der Waals surface area contributed by atoms with Crippen LogP contribution in [0.15, 0.2) is 24.3 Å². The third kappa shape index (κ3) is 7.79. The summed E-state index contributed by atoms with van der Waals surface area (Å²) in [6.07, 6.45) is 4.22. The number of hydrogen-bond donors (Lipinski definition) is 3. The Labute approximate surface area is 148 Å². The Morgan fingerprint density at radius 3 is 2.42 bits per heavy atom. The van der Waals surface area contributed by atoms with Gasteiger partial charge in [-0.2, -0.15) is 0 Å². The number of amides is 1. The summed E-state index contributed by atoms with van der Waals surface area (Å²) in [5.41, 5.74) is 0.600. The number of hydrogen-bond acceptors (Lipinski definition) is 3. The molecule has 0 fully saturated rings. The maximum atomic E-state index is 12.1. The van der Waals surface area contributed by atoms with Crippen LogP contribution in [0, 0.1) is 5.92 Å². The van der Waals surface area contributed by atoms with Crippen LogP contribution in [0.5, 0.6) is 0 Å². The predicted octanol–water partition coefficient (Wildman–Crippen LogP) is 3.93. The van der Waals surface area contributed by atoms with Gasteiger partial charge in [-0.05, 0) is 43.1 Å². The number of halogens is 1. The second-order valence-electron chi connectivity index (χ2n) is 5.97. The van der Waals surface area contributed by atoms with Crippen LogP contribution in [0.3, 0.4) is 0 Å². The SMILES string of the molecule is CCCC[C@H](CC)CN[C@@H](CC(=O)Nc1ccc(Cl)cc1)C(=O)O.